The molecule has 0 radical (unpaired) electrons. The molecule has 0 unspecified atom stereocenters. The lowest BCUT2D eigenvalue weighted by molar-refractivity contribution is -0.124. The zero-order valence-corrected chi connectivity index (χ0v) is 13.1. The summed E-state index contributed by atoms with van der Waals surface area (Å²) in [5.41, 5.74) is 1.04. The summed E-state index contributed by atoms with van der Waals surface area (Å²) in [6.45, 7) is 0. The summed E-state index contributed by atoms with van der Waals surface area (Å²) in [5.74, 6) is -0.287. The van der Waals surface area contributed by atoms with Crippen LogP contribution < -0.4 is 0 Å². The standard InChI is InChI=1S/C20H16N2O/c1-22(2)20(23)16(13-21)12-19-17-9-5-3-7-14(17)11-15-8-4-6-10-18(15)19/h3-12H,1-2H3/b16-12-. The molecule has 0 atom stereocenters. The average molecular weight is 300 g/mol. The molecule has 0 aliphatic heterocycles. The van der Waals surface area contributed by atoms with Gasteiger partial charge in [-0.05, 0) is 39.3 Å². The average Bonchev–Trinajstić information content (AvgIpc) is 2.58. The number of likely N-dealkylation sites (N-methyl/N-ethyl adjacent to an activating group) is 1. The number of hydrogen-bond acceptors (Lipinski definition) is 2. The molecule has 0 spiro atoms. The summed E-state index contributed by atoms with van der Waals surface area (Å²) in [6.07, 6.45) is 1.70. The maximum absolute atomic E-state index is 12.2. The van der Waals surface area contributed by atoms with Crippen LogP contribution in [-0.2, 0) is 4.79 Å². The van der Waals surface area contributed by atoms with Crippen LogP contribution in [0.1, 0.15) is 5.56 Å². The monoisotopic (exact) mass is 300 g/mol. The van der Waals surface area contributed by atoms with Gasteiger partial charge in [0.1, 0.15) is 11.6 Å². The quantitative estimate of drug-likeness (QED) is 0.408. The maximum Gasteiger partial charge on any atom is 0.264 e. The Morgan fingerprint density at radius 2 is 1.52 bits per heavy atom. The minimum atomic E-state index is -0.287. The first-order valence-corrected chi connectivity index (χ1v) is 7.36. The number of nitriles is 1. The third-order valence-corrected chi connectivity index (χ3v) is 3.86. The van der Waals surface area contributed by atoms with E-state index in [0.29, 0.717) is 0 Å². The molecule has 0 aromatic heterocycles. The molecule has 23 heavy (non-hydrogen) atoms. The summed E-state index contributed by atoms with van der Waals surface area (Å²) in [4.78, 5) is 13.6. The van der Waals surface area contributed by atoms with E-state index < -0.39 is 0 Å². The lowest BCUT2D eigenvalue weighted by atomic mass is 9.95. The third kappa shape index (κ3) is 2.67. The third-order valence-electron chi connectivity index (χ3n) is 3.86. The van der Waals surface area contributed by atoms with Gasteiger partial charge in [0, 0.05) is 14.1 Å². The van der Waals surface area contributed by atoms with Crippen molar-refractivity contribution in [3.05, 3.63) is 65.7 Å². The fourth-order valence-electron chi connectivity index (χ4n) is 2.73. The Hall–Kier alpha value is -3.12. The van der Waals surface area contributed by atoms with E-state index in [9.17, 15) is 10.1 Å². The van der Waals surface area contributed by atoms with E-state index in [-0.39, 0.29) is 11.5 Å². The van der Waals surface area contributed by atoms with Crippen LogP contribution >= 0.6 is 0 Å². The van der Waals surface area contributed by atoms with Gasteiger partial charge in [-0.25, -0.2) is 0 Å². The number of benzene rings is 3. The number of amides is 1. The predicted octanol–water partition coefficient (Wildman–Crippen LogP) is 3.99. The number of hydrogen-bond donors (Lipinski definition) is 0. The van der Waals surface area contributed by atoms with E-state index >= 15 is 0 Å². The van der Waals surface area contributed by atoms with E-state index in [2.05, 4.69) is 6.07 Å². The van der Waals surface area contributed by atoms with Gasteiger partial charge >= 0.3 is 0 Å². The van der Waals surface area contributed by atoms with Crippen LogP contribution in [-0.4, -0.2) is 24.9 Å². The van der Waals surface area contributed by atoms with Crippen molar-refractivity contribution in [3.63, 3.8) is 0 Å². The highest BCUT2D eigenvalue weighted by atomic mass is 16.2. The van der Waals surface area contributed by atoms with Crippen molar-refractivity contribution in [2.75, 3.05) is 14.1 Å². The van der Waals surface area contributed by atoms with Gasteiger partial charge in [-0.3, -0.25) is 4.79 Å². The first kappa shape index (κ1) is 14.8. The molecule has 0 aliphatic rings. The fourth-order valence-corrected chi connectivity index (χ4v) is 2.73. The van der Waals surface area contributed by atoms with Crippen LogP contribution in [0.5, 0.6) is 0 Å². The van der Waals surface area contributed by atoms with Crippen molar-refractivity contribution in [2.45, 2.75) is 0 Å². The van der Waals surface area contributed by atoms with Crippen LogP contribution in [0, 0.1) is 11.3 Å². The molecule has 3 aromatic rings. The van der Waals surface area contributed by atoms with Crippen molar-refractivity contribution < 1.29 is 4.79 Å². The van der Waals surface area contributed by atoms with E-state index in [0.717, 1.165) is 27.1 Å². The number of carbonyl (C=O) groups excluding carboxylic acids is 1. The van der Waals surface area contributed by atoms with E-state index in [1.807, 2.05) is 54.6 Å². The smallest absolute Gasteiger partial charge is 0.264 e. The summed E-state index contributed by atoms with van der Waals surface area (Å²) in [5, 5.41) is 13.6. The molecule has 0 aliphatic carbocycles. The predicted molar refractivity (Wildman–Crippen MR) is 93.7 cm³/mol. The number of carbonyl (C=O) groups is 1. The normalized spacial score (nSPS) is 11.4. The zero-order chi connectivity index (χ0) is 16.4. The Balaban J connectivity index is 2.37. The second-order valence-corrected chi connectivity index (χ2v) is 5.60. The van der Waals surface area contributed by atoms with Crippen LogP contribution in [0.4, 0.5) is 0 Å². The van der Waals surface area contributed by atoms with Gasteiger partial charge < -0.3 is 4.90 Å². The lowest BCUT2D eigenvalue weighted by Crippen LogP contribution is -2.22. The maximum atomic E-state index is 12.2. The molecule has 0 N–H and O–H groups in total. The van der Waals surface area contributed by atoms with E-state index in [4.69, 9.17) is 0 Å². The highest BCUT2D eigenvalue weighted by Gasteiger charge is 2.13. The Labute approximate surface area is 135 Å². The Bertz CT molecular complexity index is 924. The number of rotatable bonds is 2. The van der Waals surface area contributed by atoms with Crippen molar-refractivity contribution in [2.24, 2.45) is 0 Å². The Morgan fingerprint density at radius 3 is 2.00 bits per heavy atom. The first-order valence-electron chi connectivity index (χ1n) is 7.36. The zero-order valence-electron chi connectivity index (χ0n) is 13.1. The van der Waals surface area contributed by atoms with Crippen LogP contribution in [0.2, 0.25) is 0 Å². The molecule has 112 valence electrons. The summed E-state index contributed by atoms with van der Waals surface area (Å²) < 4.78 is 0. The minimum Gasteiger partial charge on any atom is -0.344 e. The van der Waals surface area contributed by atoms with E-state index in [1.54, 1.807) is 20.2 Å². The lowest BCUT2D eigenvalue weighted by Gasteiger charge is -2.11. The van der Waals surface area contributed by atoms with Crippen LogP contribution in [0.25, 0.3) is 27.6 Å². The number of nitrogens with zero attached hydrogens (tertiary/aromatic N) is 2. The van der Waals surface area contributed by atoms with Gasteiger partial charge in [0.05, 0.1) is 0 Å². The summed E-state index contributed by atoms with van der Waals surface area (Å²) in [7, 11) is 3.30. The van der Waals surface area contributed by atoms with Crippen molar-refractivity contribution in [3.8, 4) is 6.07 Å². The molecule has 3 heteroatoms. The van der Waals surface area contributed by atoms with Crippen molar-refractivity contribution in [1.82, 2.24) is 4.90 Å². The van der Waals surface area contributed by atoms with Gasteiger partial charge in [-0.15, -0.1) is 0 Å². The summed E-state index contributed by atoms with van der Waals surface area (Å²) >= 11 is 0. The second-order valence-electron chi connectivity index (χ2n) is 5.60. The molecule has 3 aromatic carbocycles. The van der Waals surface area contributed by atoms with Crippen LogP contribution in [0.15, 0.2) is 60.2 Å². The van der Waals surface area contributed by atoms with Gasteiger partial charge in [0.2, 0.25) is 0 Å². The van der Waals surface area contributed by atoms with Gasteiger partial charge in [0.25, 0.3) is 5.91 Å². The molecule has 3 nitrogen and oxygen atoms in total. The Kier molecular flexibility index (Phi) is 3.82. The molecule has 3 rings (SSSR count). The SMILES string of the molecule is CN(C)C(=O)/C(C#N)=C\c1c2ccccc2cc2ccccc12. The molecular weight excluding hydrogens is 284 g/mol. The molecule has 0 saturated carbocycles. The fraction of sp³-hybridized carbons (Fsp3) is 0.100. The first-order chi connectivity index (χ1) is 11.1. The molecular formula is C20H16N2O. The number of fused-ring (bicyclic) bond motifs is 2. The largest absolute Gasteiger partial charge is 0.344 e. The molecule has 1 amide bonds. The van der Waals surface area contributed by atoms with Crippen LogP contribution in [0.3, 0.4) is 0 Å². The molecule has 0 fully saturated rings. The van der Waals surface area contributed by atoms with Crippen molar-refractivity contribution >= 4 is 33.5 Å². The Morgan fingerprint density at radius 1 is 1.00 bits per heavy atom. The van der Waals surface area contributed by atoms with Crippen molar-refractivity contribution in [1.29, 1.82) is 5.26 Å². The van der Waals surface area contributed by atoms with Gasteiger partial charge in [-0.2, -0.15) is 5.26 Å². The summed E-state index contributed by atoms with van der Waals surface area (Å²) in [6, 6.07) is 20.2. The molecule has 0 bridgehead atoms. The molecule has 0 heterocycles. The van der Waals surface area contributed by atoms with E-state index in [1.165, 1.54) is 4.90 Å². The second kappa shape index (κ2) is 5.94. The molecule has 0 saturated heterocycles. The highest BCUT2D eigenvalue weighted by molar-refractivity contribution is 6.10. The van der Waals surface area contributed by atoms with Gasteiger partial charge in [-0.1, -0.05) is 48.5 Å². The van der Waals surface area contributed by atoms with Gasteiger partial charge in [0.15, 0.2) is 0 Å². The topological polar surface area (TPSA) is 44.1 Å². The highest BCUT2D eigenvalue weighted by Crippen LogP contribution is 2.30. The minimum absolute atomic E-state index is 0.136.